The number of rotatable bonds is 3. The standard InChI is InChI=1S/C12H14N2O3/c1-8(2)11-7-17-12(13-11)9-4-3-5-10(6-9)14(15)16/h3-6,8,11H,7H2,1-2H3/t11-/m0/s1. The van der Waals surface area contributed by atoms with E-state index in [0.717, 1.165) is 0 Å². The number of hydrogen-bond acceptors (Lipinski definition) is 4. The molecule has 0 saturated carbocycles. The molecule has 0 unspecified atom stereocenters. The third-order valence-electron chi connectivity index (χ3n) is 2.75. The summed E-state index contributed by atoms with van der Waals surface area (Å²) in [5, 5.41) is 10.7. The fourth-order valence-electron chi connectivity index (χ4n) is 1.64. The summed E-state index contributed by atoms with van der Waals surface area (Å²) in [5.41, 5.74) is 0.726. The van der Waals surface area contributed by atoms with Crippen LogP contribution in [0.4, 0.5) is 5.69 Å². The molecule has 0 N–H and O–H groups in total. The highest BCUT2D eigenvalue weighted by Gasteiger charge is 2.23. The Morgan fingerprint density at radius 3 is 2.88 bits per heavy atom. The van der Waals surface area contributed by atoms with E-state index in [9.17, 15) is 10.1 Å². The van der Waals surface area contributed by atoms with Gasteiger partial charge in [0, 0.05) is 17.7 Å². The third kappa shape index (κ3) is 2.43. The van der Waals surface area contributed by atoms with Gasteiger partial charge in [-0.15, -0.1) is 0 Å². The van der Waals surface area contributed by atoms with Crippen molar-refractivity contribution in [3.8, 4) is 0 Å². The summed E-state index contributed by atoms with van der Waals surface area (Å²) in [7, 11) is 0. The molecule has 1 heterocycles. The Morgan fingerprint density at radius 2 is 2.29 bits per heavy atom. The van der Waals surface area contributed by atoms with Crippen LogP contribution in [-0.4, -0.2) is 23.5 Å². The number of aliphatic imine (C=N–C) groups is 1. The summed E-state index contributed by atoms with van der Waals surface area (Å²) < 4.78 is 5.48. The molecule has 1 aromatic rings. The van der Waals surface area contributed by atoms with Crippen LogP contribution in [0.25, 0.3) is 0 Å². The first-order chi connectivity index (χ1) is 8.08. The van der Waals surface area contributed by atoms with Gasteiger partial charge in [0.15, 0.2) is 0 Å². The van der Waals surface area contributed by atoms with Crippen molar-refractivity contribution in [1.82, 2.24) is 0 Å². The van der Waals surface area contributed by atoms with E-state index in [-0.39, 0.29) is 11.7 Å². The van der Waals surface area contributed by atoms with Crippen LogP contribution in [0.2, 0.25) is 0 Å². The number of benzene rings is 1. The second-order valence-electron chi connectivity index (χ2n) is 4.36. The molecule has 0 bridgehead atoms. The number of ether oxygens (including phenoxy) is 1. The van der Waals surface area contributed by atoms with E-state index in [1.165, 1.54) is 12.1 Å². The van der Waals surface area contributed by atoms with Gasteiger partial charge in [0.25, 0.3) is 5.69 Å². The van der Waals surface area contributed by atoms with Crippen LogP contribution in [0.15, 0.2) is 29.3 Å². The Bertz CT molecular complexity index is 469. The first-order valence-electron chi connectivity index (χ1n) is 5.53. The minimum absolute atomic E-state index is 0.0572. The predicted octanol–water partition coefficient (Wildman–Crippen LogP) is 2.40. The Morgan fingerprint density at radius 1 is 1.53 bits per heavy atom. The molecule has 90 valence electrons. The molecule has 1 aliphatic heterocycles. The second kappa shape index (κ2) is 4.53. The van der Waals surface area contributed by atoms with Crippen molar-refractivity contribution >= 4 is 11.6 Å². The fraction of sp³-hybridized carbons (Fsp3) is 0.417. The van der Waals surface area contributed by atoms with Crippen LogP contribution >= 0.6 is 0 Å². The van der Waals surface area contributed by atoms with E-state index in [4.69, 9.17) is 4.74 Å². The predicted molar refractivity (Wildman–Crippen MR) is 64.2 cm³/mol. The first-order valence-corrected chi connectivity index (χ1v) is 5.53. The highest BCUT2D eigenvalue weighted by atomic mass is 16.6. The van der Waals surface area contributed by atoms with Gasteiger partial charge in [-0.25, -0.2) is 4.99 Å². The minimum Gasteiger partial charge on any atom is -0.475 e. The molecule has 0 spiro atoms. The summed E-state index contributed by atoms with van der Waals surface area (Å²) in [4.78, 5) is 14.7. The lowest BCUT2D eigenvalue weighted by molar-refractivity contribution is -0.384. The molecule has 1 aliphatic rings. The molecular formula is C12H14N2O3. The van der Waals surface area contributed by atoms with Crippen molar-refractivity contribution in [2.75, 3.05) is 6.61 Å². The second-order valence-corrected chi connectivity index (χ2v) is 4.36. The maximum Gasteiger partial charge on any atom is 0.270 e. The summed E-state index contributed by atoms with van der Waals surface area (Å²) in [5.74, 6) is 0.915. The topological polar surface area (TPSA) is 64.7 Å². The SMILES string of the molecule is CC(C)[C@@H]1COC(c2cccc([N+](=O)[O-])c2)=N1. The number of nitro benzene ring substituents is 1. The Labute approximate surface area is 99.3 Å². The maximum absolute atomic E-state index is 10.7. The van der Waals surface area contributed by atoms with Gasteiger partial charge in [0.1, 0.15) is 6.61 Å². The number of nitro groups is 1. The Balaban J connectivity index is 2.26. The zero-order valence-electron chi connectivity index (χ0n) is 9.79. The molecular weight excluding hydrogens is 220 g/mol. The van der Waals surface area contributed by atoms with Crippen molar-refractivity contribution < 1.29 is 9.66 Å². The smallest absolute Gasteiger partial charge is 0.270 e. The lowest BCUT2D eigenvalue weighted by Gasteiger charge is -2.06. The van der Waals surface area contributed by atoms with Crippen LogP contribution in [-0.2, 0) is 4.74 Å². The van der Waals surface area contributed by atoms with Crippen molar-refractivity contribution in [2.24, 2.45) is 10.9 Å². The van der Waals surface area contributed by atoms with Crippen LogP contribution < -0.4 is 0 Å². The average molecular weight is 234 g/mol. The van der Waals surface area contributed by atoms with Gasteiger partial charge in [-0.1, -0.05) is 19.9 Å². The molecule has 1 atom stereocenters. The lowest BCUT2D eigenvalue weighted by atomic mass is 10.1. The molecule has 0 saturated heterocycles. The van der Waals surface area contributed by atoms with Crippen LogP contribution in [0, 0.1) is 16.0 Å². The highest BCUT2D eigenvalue weighted by molar-refractivity contribution is 5.95. The zero-order valence-corrected chi connectivity index (χ0v) is 9.79. The highest BCUT2D eigenvalue weighted by Crippen LogP contribution is 2.20. The molecule has 0 aliphatic carbocycles. The molecule has 0 amide bonds. The van der Waals surface area contributed by atoms with Gasteiger partial charge in [-0.3, -0.25) is 10.1 Å². The number of hydrogen-bond donors (Lipinski definition) is 0. The van der Waals surface area contributed by atoms with Gasteiger partial charge in [-0.05, 0) is 12.0 Å². The van der Waals surface area contributed by atoms with Gasteiger partial charge >= 0.3 is 0 Å². The van der Waals surface area contributed by atoms with Gasteiger partial charge < -0.3 is 4.74 Å². The van der Waals surface area contributed by atoms with E-state index in [1.807, 2.05) is 0 Å². The van der Waals surface area contributed by atoms with E-state index < -0.39 is 4.92 Å². The average Bonchev–Trinajstić information content (AvgIpc) is 2.78. The normalized spacial score (nSPS) is 19.0. The summed E-state index contributed by atoms with van der Waals surface area (Å²) in [6.07, 6.45) is 0. The largest absolute Gasteiger partial charge is 0.475 e. The van der Waals surface area contributed by atoms with E-state index in [1.54, 1.807) is 12.1 Å². The van der Waals surface area contributed by atoms with Crippen molar-refractivity contribution in [1.29, 1.82) is 0 Å². The van der Waals surface area contributed by atoms with Crippen molar-refractivity contribution in [3.05, 3.63) is 39.9 Å². The summed E-state index contributed by atoms with van der Waals surface area (Å²) in [6, 6.07) is 6.50. The Kier molecular flexibility index (Phi) is 3.08. The van der Waals surface area contributed by atoms with E-state index in [2.05, 4.69) is 18.8 Å². The fourth-order valence-corrected chi connectivity index (χ4v) is 1.64. The number of nitrogens with zero attached hydrogens (tertiary/aromatic N) is 2. The molecule has 0 radical (unpaired) electrons. The Hall–Kier alpha value is -1.91. The number of non-ortho nitro benzene ring substituents is 1. The zero-order chi connectivity index (χ0) is 12.4. The molecule has 0 aromatic heterocycles. The van der Waals surface area contributed by atoms with Gasteiger partial charge in [-0.2, -0.15) is 0 Å². The van der Waals surface area contributed by atoms with Crippen LogP contribution in [0.3, 0.4) is 0 Å². The van der Waals surface area contributed by atoms with E-state index in [0.29, 0.717) is 24.0 Å². The van der Waals surface area contributed by atoms with Crippen LogP contribution in [0.1, 0.15) is 19.4 Å². The molecule has 2 rings (SSSR count). The molecule has 1 aromatic carbocycles. The monoisotopic (exact) mass is 234 g/mol. The molecule has 17 heavy (non-hydrogen) atoms. The van der Waals surface area contributed by atoms with Crippen molar-refractivity contribution in [2.45, 2.75) is 19.9 Å². The quantitative estimate of drug-likeness (QED) is 0.595. The minimum atomic E-state index is -0.418. The van der Waals surface area contributed by atoms with Crippen molar-refractivity contribution in [3.63, 3.8) is 0 Å². The lowest BCUT2D eigenvalue weighted by Crippen LogP contribution is -2.13. The van der Waals surface area contributed by atoms with Crippen LogP contribution in [0.5, 0.6) is 0 Å². The molecule has 0 fully saturated rings. The van der Waals surface area contributed by atoms with Gasteiger partial charge in [0.05, 0.1) is 11.0 Å². The van der Waals surface area contributed by atoms with Gasteiger partial charge in [0.2, 0.25) is 5.90 Å². The maximum atomic E-state index is 10.7. The third-order valence-corrected chi connectivity index (χ3v) is 2.75. The summed E-state index contributed by atoms with van der Waals surface area (Å²) >= 11 is 0. The molecule has 5 nitrogen and oxygen atoms in total. The first kappa shape index (κ1) is 11.6. The summed E-state index contributed by atoms with van der Waals surface area (Å²) in [6.45, 7) is 4.71. The molecule has 5 heteroatoms. The van der Waals surface area contributed by atoms with E-state index >= 15 is 0 Å².